The first kappa shape index (κ1) is 13.4. The fraction of sp³-hybridized carbons (Fsp3) is 0.579. The van der Waals surface area contributed by atoms with Gasteiger partial charge in [0.25, 0.3) is 0 Å². The van der Waals surface area contributed by atoms with Gasteiger partial charge in [-0.05, 0) is 49.9 Å². The lowest BCUT2D eigenvalue weighted by Gasteiger charge is -2.58. The summed E-state index contributed by atoms with van der Waals surface area (Å²) in [6.07, 6.45) is 11.9. The number of H-pyrrole nitrogens is 1. The van der Waals surface area contributed by atoms with E-state index in [0.717, 1.165) is 60.8 Å². The van der Waals surface area contributed by atoms with Crippen LogP contribution in [-0.2, 0) is 6.42 Å². The van der Waals surface area contributed by atoms with Crippen molar-refractivity contribution in [3.05, 3.63) is 34.0 Å². The zero-order chi connectivity index (χ0) is 16.1. The van der Waals surface area contributed by atoms with E-state index in [-0.39, 0.29) is 11.7 Å². The molecule has 4 bridgehead atoms. The highest BCUT2D eigenvalue weighted by Crippen LogP contribution is 2.60. The molecule has 7 rings (SSSR count). The second kappa shape index (κ2) is 4.20. The molecule has 5 aliphatic carbocycles. The molecule has 0 aromatic carbocycles. The van der Waals surface area contributed by atoms with Crippen molar-refractivity contribution in [1.29, 1.82) is 0 Å². The number of nitrogens with one attached hydrogen (secondary N) is 1. The highest BCUT2D eigenvalue weighted by molar-refractivity contribution is 5.87. The number of allylic oxidation sites excluding steroid dienone is 1. The molecular formula is C19H21N3O2. The van der Waals surface area contributed by atoms with E-state index in [1.807, 2.05) is 10.8 Å². The van der Waals surface area contributed by atoms with Gasteiger partial charge in [0.05, 0.1) is 28.5 Å². The second-order valence-corrected chi connectivity index (χ2v) is 8.47. The quantitative estimate of drug-likeness (QED) is 0.846. The lowest BCUT2D eigenvalue weighted by molar-refractivity contribution is -0.146. The largest absolute Gasteiger partial charge is 0.390 e. The molecule has 4 fully saturated rings. The van der Waals surface area contributed by atoms with Crippen molar-refractivity contribution in [3.63, 3.8) is 0 Å². The highest BCUT2D eigenvalue weighted by atomic mass is 16.3. The normalized spacial score (nSPS) is 39.0. The third-order valence-electron chi connectivity index (χ3n) is 6.96. The van der Waals surface area contributed by atoms with E-state index in [9.17, 15) is 9.90 Å². The molecule has 0 radical (unpaired) electrons. The molecule has 5 nitrogen and oxygen atoms in total. The summed E-state index contributed by atoms with van der Waals surface area (Å²) in [5, 5.41) is 10.8. The Hall–Kier alpha value is -1.88. The number of aromatic amines is 1. The summed E-state index contributed by atoms with van der Waals surface area (Å²) in [5.74, 6) is 1.50. The van der Waals surface area contributed by atoms with Crippen molar-refractivity contribution >= 4 is 17.1 Å². The van der Waals surface area contributed by atoms with Crippen LogP contribution in [-0.4, -0.2) is 25.2 Å². The summed E-state index contributed by atoms with van der Waals surface area (Å²) in [6.45, 7) is 0. The molecule has 124 valence electrons. The molecule has 0 saturated heterocycles. The minimum absolute atomic E-state index is 0.00929. The van der Waals surface area contributed by atoms with E-state index < -0.39 is 5.60 Å². The molecule has 24 heavy (non-hydrogen) atoms. The number of hydrogen-bond donors (Lipinski definition) is 2. The molecule has 2 heterocycles. The number of fused-ring (bicyclic) bond motifs is 3. The van der Waals surface area contributed by atoms with E-state index in [0.29, 0.717) is 17.8 Å². The Balaban J connectivity index is 1.58. The molecule has 2 N–H and O–H groups in total. The van der Waals surface area contributed by atoms with Gasteiger partial charge in [-0.15, -0.1) is 0 Å². The second-order valence-electron chi connectivity index (χ2n) is 8.47. The number of aromatic nitrogens is 3. The third-order valence-corrected chi connectivity index (χ3v) is 6.96. The Bertz CT molecular complexity index is 937. The number of pyridine rings is 1. The van der Waals surface area contributed by atoms with Gasteiger partial charge in [-0.25, -0.2) is 4.79 Å². The first-order valence-corrected chi connectivity index (χ1v) is 9.12. The Morgan fingerprint density at radius 2 is 2.04 bits per heavy atom. The Morgan fingerprint density at radius 1 is 1.25 bits per heavy atom. The molecule has 0 aliphatic heterocycles. The van der Waals surface area contributed by atoms with Crippen LogP contribution in [0, 0.1) is 17.8 Å². The molecular weight excluding hydrogens is 302 g/mol. The van der Waals surface area contributed by atoms with Crippen LogP contribution in [0.4, 0.5) is 0 Å². The van der Waals surface area contributed by atoms with Crippen molar-refractivity contribution in [2.45, 2.75) is 50.2 Å². The molecule has 5 aliphatic rings. The molecule has 4 saturated carbocycles. The predicted octanol–water partition coefficient (Wildman–Crippen LogP) is 2.41. The van der Waals surface area contributed by atoms with Gasteiger partial charge < -0.3 is 10.1 Å². The van der Waals surface area contributed by atoms with E-state index >= 15 is 0 Å². The van der Waals surface area contributed by atoms with Crippen LogP contribution >= 0.6 is 0 Å². The Morgan fingerprint density at radius 3 is 2.79 bits per heavy atom. The zero-order valence-electron chi connectivity index (χ0n) is 13.5. The number of imidazole rings is 1. The van der Waals surface area contributed by atoms with Gasteiger partial charge >= 0.3 is 5.69 Å². The van der Waals surface area contributed by atoms with Crippen LogP contribution in [0.3, 0.4) is 0 Å². The van der Waals surface area contributed by atoms with Gasteiger partial charge in [-0.3, -0.25) is 9.55 Å². The van der Waals surface area contributed by atoms with E-state index in [4.69, 9.17) is 0 Å². The maximum absolute atomic E-state index is 12.8. The maximum Gasteiger partial charge on any atom is 0.326 e. The third kappa shape index (κ3) is 1.59. The fourth-order valence-electron chi connectivity index (χ4n) is 6.47. The molecule has 0 amide bonds. The monoisotopic (exact) mass is 323 g/mol. The van der Waals surface area contributed by atoms with Crippen LogP contribution in [0.5, 0.6) is 0 Å². The van der Waals surface area contributed by atoms with Crippen molar-refractivity contribution in [3.8, 4) is 0 Å². The van der Waals surface area contributed by atoms with Crippen LogP contribution in [0.15, 0.2) is 17.1 Å². The SMILES string of the molecule is O=c1[nH]c2cnc3c(c2n1C1C2CC4CC1CC(O)(C4)C2)C=CC3. The average molecular weight is 323 g/mol. The highest BCUT2D eigenvalue weighted by Gasteiger charge is 2.55. The molecule has 5 heteroatoms. The number of aliphatic hydroxyl groups is 1. The topological polar surface area (TPSA) is 70.9 Å². The van der Waals surface area contributed by atoms with E-state index in [2.05, 4.69) is 22.1 Å². The van der Waals surface area contributed by atoms with Crippen LogP contribution < -0.4 is 5.69 Å². The first-order valence-electron chi connectivity index (χ1n) is 9.12. The van der Waals surface area contributed by atoms with Gasteiger partial charge in [0, 0.05) is 18.0 Å². The van der Waals surface area contributed by atoms with Gasteiger partial charge in [-0.2, -0.15) is 0 Å². The summed E-state index contributed by atoms with van der Waals surface area (Å²) in [5.41, 5.74) is 3.58. The zero-order valence-corrected chi connectivity index (χ0v) is 13.5. The van der Waals surface area contributed by atoms with Gasteiger partial charge in [0.2, 0.25) is 0 Å². The summed E-state index contributed by atoms with van der Waals surface area (Å²) in [7, 11) is 0. The minimum atomic E-state index is -0.466. The van der Waals surface area contributed by atoms with Crippen molar-refractivity contribution in [2.24, 2.45) is 17.8 Å². The minimum Gasteiger partial charge on any atom is -0.390 e. The predicted molar refractivity (Wildman–Crippen MR) is 90.6 cm³/mol. The smallest absolute Gasteiger partial charge is 0.326 e. The Labute approximate surface area is 139 Å². The lowest BCUT2D eigenvalue weighted by atomic mass is 9.52. The average Bonchev–Trinajstić information content (AvgIpc) is 3.09. The number of nitrogens with zero attached hydrogens (tertiary/aromatic N) is 2. The molecule has 2 aromatic heterocycles. The summed E-state index contributed by atoms with van der Waals surface area (Å²) >= 11 is 0. The van der Waals surface area contributed by atoms with E-state index in [1.165, 1.54) is 0 Å². The van der Waals surface area contributed by atoms with Gasteiger partial charge in [0.15, 0.2) is 0 Å². The standard InChI is InChI=1S/C19H21N3O2/c23-18-21-15-9-20-14-3-1-2-13(14)17(15)22(18)16-11-4-10-5-12(16)8-19(24,6-10)7-11/h1-2,9-12,16,24H,3-8H2,(H,21,23). The molecule has 2 atom stereocenters. The molecule has 0 spiro atoms. The first-order chi connectivity index (χ1) is 11.6. The van der Waals surface area contributed by atoms with Crippen molar-refractivity contribution in [1.82, 2.24) is 14.5 Å². The summed E-state index contributed by atoms with van der Waals surface area (Å²) < 4.78 is 2.03. The number of rotatable bonds is 1. The maximum atomic E-state index is 12.8. The Kier molecular flexibility index (Phi) is 2.35. The van der Waals surface area contributed by atoms with E-state index in [1.54, 1.807) is 0 Å². The molecule has 2 unspecified atom stereocenters. The number of hydrogen-bond acceptors (Lipinski definition) is 3. The lowest BCUT2D eigenvalue weighted by Crippen LogP contribution is -2.55. The van der Waals surface area contributed by atoms with Gasteiger partial charge in [-0.1, -0.05) is 12.2 Å². The van der Waals surface area contributed by atoms with Crippen LogP contribution in [0.1, 0.15) is 49.4 Å². The van der Waals surface area contributed by atoms with Crippen LogP contribution in [0.25, 0.3) is 17.1 Å². The van der Waals surface area contributed by atoms with Gasteiger partial charge in [0.1, 0.15) is 0 Å². The van der Waals surface area contributed by atoms with Crippen molar-refractivity contribution < 1.29 is 5.11 Å². The fourth-order valence-corrected chi connectivity index (χ4v) is 6.47. The van der Waals surface area contributed by atoms with Crippen LogP contribution in [0.2, 0.25) is 0 Å². The molecule has 2 aromatic rings. The summed E-state index contributed by atoms with van der Waals surface area (Å²) in [4.78, 5) is 20.4. The summed E-state index contributed by atoms with van der Waals surface area (Å²) in [6, 6.07) is 0.226. The van der Waals surface area contributed by atoms with Crippen molar-refractivity contribution in [2.75, 3.05) is 0 Å².